The van der Waals surface area contributed by atoms with E-state index in [-0.39, 0.29) is 18.1 Å². The Labute approximate surface area is 66.3 Å². The smallest absolute Gasteiger partial charge is 0.263 e. The molecule has 0 radical (unpaired) electrons. The monoisotopic (exact) mass is 158 g/mol. The van der Waals surface area contributed by atoms with Crippen molar-refractivity contribution in [1.29, 1.82) is 0 Å². The van der Waals surface area contributed by atoms with Crippen LogP contribution in [0.4, 0.5) is 0 Å². The highest BCUT2D eigenvalue weighted by atomic mass is 16.7. The van der Waals surface area contributed by atoms with Gasteiger partial charge in [0, 0.05) is 0 Å². The second kappa shape index (κ2) is 3.19. The van der Waals surface area contributed by atoms with E-state index in [1.165, 1.54) is 5.06 Å². The van der Waals surface area contributed by atoms with Gasteiger partial charge >= 0.3 is 0 Å². The molecular weight excluding hydrogens is 144 g/mol. The highest BCUT2D eigenvalue weighted by Crippen LogP contribution is 2.10. The fourth-order valence-corrected chi connectivity index (χ4v) is 1.03. The van der Waals surface area contributed by atoms with Crippen molar-refractivity contribution in [1.82, 2.24) is 5.06 Å². The molecule has 0 spiro atoms. The molecule has 0 aliphatic carbocycles. The summed E-state index contributed by atoms with van der Waals surface area (Å²) in [5.41, 5.74) is 5.47. The van der Waals surface area contributed by atoms with Gasteiger partial charge in [-0.25, -0.2) is 5.06 Å². The van der Waals surface area contributed by atoms with Crippen molar-refractivity contribution in [2.75, 3.05) is 6.54 Å². The third-order valence-electron chi connectivity index (χ3n) is 1.54. The zero-order valence-electron chi connectivity index (χ0n) is 6.91. The van der Waals surface area contributed by atoms with Crippen molar-refractivity contribution in [3.63, 3.8) is 0 Å². The van der Waals surface area contributed by atoms with Gasteiger partial charge in [0.2, 0.25) is 0 Å². The Morgan fingerprint density at radius 2 is 2.36 bits per heavy atom. The van der Waals surface area contributed by atoms with Crippen LogP contribution in [-0.4, -0.2) is 29.7 Å². The van der Waals surface area contributed by atoms with Gasteiger partial charge in [0.25, 0.3) is 5.91 Å². The van der Waals surface area contributed by atoms with Gasteiger partial charge in [-0.05, 0) is 20.3 Å². The molecule has 0 bridgehead atoms. The lowest BCUT2D eigenvalue weighted by Gasteiger charge is -2.17. The summed E-state index contributed by atoms with van der Waals surface area (Å²) in [6, 6.07) is -0.353. The van der Waals surface area contributed by atoms with Crippen molar-refractivity contribution in [2.45, 2.75) is 32.4 Å². The summed E-state index contributed by atoms with van der Waals surface area (Å²) in [5.74, 6) is -0.0984. The molecule has 64 valence electrons. The lowest BCUT2D eigenvalue weighted by Crippen LogP contribution is -2.35. The van der Waals surface area contributed by atoms with Crippen LogP contribution in [0.15, 0.2) is 0 Å². The van der Waals surface area contributed by atoms with Gasteiger partial charge in [-0.2, -0.15) is 0 Å². The quantitative estimate of drug-likeness (QED) is 0.610. The zero-order chi connectivity index (χ0) is 8.43. The first kappa shape index (κ1) is 8.49. The average molecular weight is 158 g/mol. The average Bonchev–Trinajstić information content (AvgIpc) is 2.18. The van der Waals surface area contributed by atoms with Crippen LogP contribution in [0.3, 0.4) is 0 Å². The third-order valence-corrected chi connectivity index (χ3v) is 1.54. The fraction of sp³-hybridized carbons (Fsp3) is 0.857. The van der Waals surface area contributed by atoms with Gasteiger partial charge < -0.3 is 5.73 Å². The molecule has 1 unspecified atom stereocenters. The van der Waals surface area contributed by atoms with Crippen LogP contribution < -0.4 is 5.73 Å². The second-order valence-corrected chi connectivity index (χ2v) is 2.99. The van der Waals surface area contributed by atoms with Crippen molar-refractivity contribution in [3.8, 4) is 0 Å². The van der Waals surface area contributed by atoms with Crippen LogP contribution in [0, 0.1) is 0 Å². The van der Waals surface area contributed by atoms with Crippen LogP contribution in [-0.2, 0) is 9.63 Å². The largest absolute Gasteiger partial charge is 0.320 e. The van der Waals surface area contributed by atoms with Crippen LogP contribution in [0.25, 0.3) is 0 Å². The minimum atomic E-state index is -0.353. The molecule has 1 aliphatic heterocycles. The first-order chi connectivity index (χ1) is 5.11. The molecule has 0 aromatic heterocycles. The van der Waals surface area contributed by atoms with Gasteiger partial charge in [-0.1, -0.05) is 0 Å². The first-order valence-corrected chi connectivity index (χ1v) is 3.85. The highest BCUT2D eigenvalue weighted by Gasteiger charge is 2.29. The molecule has 1 aliphatic rings. The van der Waals surface area contributed by atoms with Crippen molar-refractivity contribution in [3.05, 3.63) is 0 Å². The Kier molecular flexibility index (Phi) is 2.46. The highest BCUT2D eigenvalue weighted by molar-refractivity contribution is 5.82. The molecule has 1 atom stereocenters. The Bertz CT molecular complexity index is 159. The van der Waals surface area contributed by atoms with Crippen LogP contribution in [0.2, 0.25) is 0 Å². The summed E-state index contributed by atoms with van der Waals surface area (Å²) in [4.78, 5) is 16.3. The molecule has 1 amide bonds. The molecule has 0 saturated carbocycles. The fourth-order valence-electron chi connectivity index (χ4n) is 1.03. The van der Waals surface area contributed by atoms with Crippen LogP contribution in [0.5, 0.6) is 0 Å². The van der Waals surface area contributed by atoms with E-state index in [0.717, 1.165) is 0 Å². The van der Waals surface area contributed by atoms with Crippen molar-refractivity contribution >= 4 is 5.91 Å². The SMILES string of the molecule is CC(C)ON1CCC(N)C1=O. The molecule has 1 rings (SSSR count). The molecular formula is C7H14N2O2. The molecule has 4 heteroatoms. The number of amides is 1. The number of rotatable bonds is 2. The van der Waals surface area contributed by atoms with E-state index in [2.05, 4.69) is 0 Å². The van der Waals surface area contributed by atoms with Gasteiger partial charge in [-0.15, -0.1) is 0 Å². The second-order valence-electron chi connectivity index (χ2n) is 2.99. The summed E-state index contributed by atoms with van der Waals surface area (Å²) < 4.78 is 0. The van der Waals surface area contributed by atoms with Gasteiger partial charge in [0.05, 0.1) is 18.7 Å². The Balaban J connectivity index is 2.42. The van der Waals surface area contributed by atoms with Crippen LogP contribution >= 0.6 is 0 Å². The zero-order valence-corrected chi connectivity index (χ0v) is 6.91. The third kappa shape index (κ3) is 1.91. The number of carbonyl (C=O) groups excluding carboxylic acids is 1. The Morgan fingerprint density at radius 3 is 2.73 bits per heavy atom. The maximum absolute atomic E-state index is 11.1. The van der Waals surface area contributed by atoms with Gasteiger partial charge in [-0.3, -0.25) is 9.63 Å². The van der Waals surface area contributed by atoms with E-state index in [1.807, 2.05) is 13.8 Å². The summed E-state index contributed by atoms with van der Waals surface area (Å²) >= 11 is 0. The minimum Gasteiger partial charge on any atom is -0.320 e. The van der Waals surface area contributed by atoms with Gasteiger partial charge in [0.15, 0.2) is 0 Å². The summed E-state index contributed by atoms with van der Waals surface area (Å²) in [6.45, 7) is 4.40. The molecule has 4 nitrogen and oxygen atoms in total. The number of nitrogens with two attached hydrogens (primary N) is 1. The summed E-state index contributed by atoms with van der Waals surface area (Å²) in [5, 5.41) is 1.36. The standard InChI is InChI=1S/C7H14N2O2/c1-5(2)11-9-4-3-6(8)7(9)10/h5-6H,3-4,8H2,1-2H3. The molecule has 11 heavy (non-hydrogen) atoms. The van der Waals surface area contributed by atoms with Gasteiger partial charge in [0.1, 0.15) is 0 Å². The normalized spacial score (nSPS) is 25.3. The minimum absolute atomic E-state index is 0.0456. The summed E-state index contributed by atoms with van der Waals surface area (Å²) in [7, 11) is 0. The number of nitrogens with zero attached hydrogens (tertiary/aromatic N) is 1. The lowest BCUT2D eigenvalue weighted by atomic mass is 10.3. The lowest BCUT2D eigenvalue weighted by molar-refractivity contribution is -0.191. The summed E-state index contributed by atoms with van der Waals surface area (Å²) in [6.07, 6.45) is 0.746. The molecule has 1 fully saturated rings. The molecule has 0 aromatic carbocycles. The maximum atomic E-state index is 11.1. The molecule has 2 N–H and O–H groups in total. The van der Waals surface area contributed by atoms with E-state index in [0.29, 0.717) is 13.0 Å². The van der Waals surface area contributed by atoms with Crippen molar-refractivity contribution < 1.29 is 9.63 Å². The predicted molar refractivity (Wildman–Crippen MR) is 40.5 cm³/mol. The maximum Gasteiger partial charge on any atom is 0.263 e. The molecule has 0 aromatic rings. The van der Waals surface area contributed by atoms with E-state index in [9.17, 15) is 4.79 Å². The Morgan fingerprint density at radius 1 is 1.73 bits per heavy atom. The van der Waals surface area contributed by atoms with E-state index >= 15 is 0 Å². The van der Waals surface area contributed by atoms with E-state index in [1.54, 1.807) is 0 Å². The Hall–Kier alpha value is -0.610. The number of carbonyl (C=O) groups is 1. The van der Waals surface area contributed by atoms with Crippen LogP contribution in [0.1, 0.15) is 20.3 Å². The number of hydrogen-bond donors (Lipinski definition) is 1. The van der Waals surface area contributed by atoms with E-state index < -0.39 is 0 Å². The predicted octanol–water partition coefficient (Wildman–Crippen LogP) is -0.114. The molecule has 1 heterocycles. The van der Waals surface area contributed by atoms with E-state index in [4.69, 9.17) is 10.6 Å². The van der Waals surface area contributed by atoms with Crippen molar-refractivity contribution in [2.24, 2.45) is 5.73 Å². The first-order valence-electron chi connectivity index (χ1n) is 3.85. The number of hydrogen-bond acceptors (Lipinski definition) is 3. The topological polar surface area (TPSA) is 55.6 Å². The molecule has 1 saturated heterocycles. The number of hydroxylamine groups is 2.